The van der Waals surface area contributed by atoms with Crippen molar-refractivity contribution >= 4 is 35.5 Å². The van der Waals surface area contributed by atoms with Gasteiger partial charge in [0.1, 0.15) is 22.2 Å². The fourth-order valence-electron chi connectivity index (χ4n) is 3.76. The maximum Gasteiger partial charge on any atom is 0.262 e. The van der Waals surface area contributed by atoms with E-state index in [2.05, 4.69) is 27.1 Å². The molecule has 5 N–H and O–H groups in total. The van der Waals surface area contributed by atoms with E-state index in [4.69, 9.17) is 5.41 Å². The Balaban J connectivity index is 1.54. The predicted octanol–water partition coefficient (Wildman–Crippen LogP) is 1.87. The van der Waals surface area contributed by atoms with Gasteiger partial charge in [0.2, 0.25) is 0 Å². The molecular weight excluding hydrogens is 456 g/mol. The van der Waals surface area contributed by atoms with Crippen molar-refractivity contribution in [2.75, 3.05) is 17.4 Å². The standard InChI is InChI=1S/C27H26N6O3/c1-16-12-19(25(34)24(13-16)32-31-23-7-5-4-6-22(23)28)15-33(3)20-10-8-18(9-11-20)14-21-26(35)29-17(2)30-27(21)36/h4-14,28,32,34H,2,15H2,1,3H3,(H,29,35)(H,30,36)/b28-22?,31-23-. The summed E-state index contributed by atoms with van der Waals surface area (Å²) in [6.45, 7) is 5.89. The third-order valence-electron chi connectivity index (χ3n) is 5.60. The first kappa shape index (κ1) is 24.2. The van der Waals surface area contributed by atoms with Gasteiger partial charge in [-0.2, -0.15) is 5.10 Å². The number of anilines is 2. The topological polar surface area (TPSA) is 137 Å². The number of phenolic OH excluding ortho intramolecular Hbond substituents is 1. The first-order valence-corrected chi connectivity index (χ1v) is 11.2. The summed E-state index contributed by atoms with van der Waals surface area (Å²) in [7, 11) is 1.90. The summed E-state index contributed by atoms with van der Waals surface area (Å²) < 4.78 is 0. The lowest BCUT2D eigenvalue weighted by atomic mass is 10.1. The van der Waals surface area contributed by atoms with E-state index >= 15 is 0 Å². The minimum absolute atomic E-state index is 0.00618. The number of nitrogens with one attached hydrogen (secondary N) is 4. The van der Waals surface area contributed by atoms with E-state index in [1.807, 2.05) is 49.2 Å². The van der Waals surface area contributed by atoms with Crippen molar-refractivity contribution in [3.63, 3.8) is 0 Å². The molecule has 0 spiro atoms. The first-order valence-electron chi connectivity index (χ1n) is 11.2. The smallest absolute Gasteiger partial charge is 0.262 e. The van der Waals surface area contributed by atoms with E-state index in [1.165, 1.54) is 6.08 Å². The number of aromatic nitrogens is 2. The van der Waals surface area contributed by atoms with E-state index in [0.717, 1.165) is 11.3 Å². The third kappa shape index (κ3) is 5.41. The Bertz CT molecular complexity index is 1610. The lowest BCUT2D eigenvalue weighted by molar-refractivity contribution is 0.469. The maximum atomic E-state index is 12.1. The number of hydrogen-bond acceptors (Lipinski definition) is 7. The second-order valence-corrected chi connectivity index (χ2v) is 8.45. The molecule has 9 heteroatoms. The first-order chi connectivity index (χ1) is 17.2. The molecule has 2 aromatic carbocycles. The van der Waals surface area contributed by atoms with Crippen molar-refractivity contribution in [2.24, 2.45) is 5.10 Å². The number of hydrogen-bond donors (Lipinski definition) is 5. The zero-order valence-electron chi connectivity index (χ0n) is 19.9. The van der Waals surface area contributed by atoms with Gasteiger partial charge in [-0.3, -0.25) is 20.4 Å². The van der Waals surface area contributed by atoms with Crippen molar-refractivity contribution in [2.45, 2.75) is 13.5 Å². The second-order valence-electron chi connectivity index (χ2n) is 8.45. The van der Waals surface area contributed by atoms with Crippen molar-refractivity contribution in [3.05, 3.63) is 109 Å². The number of rotatable bonds is 6. The van der Waals surface area contributed by atoms with Crippen LogP contribution in [0.5, 0.6) is 5.75 Å². The number of nitrogens with zero attached hydrogens (tertiary/aromatic N) is 2. The average molecular weight is 483 g/mol. The highest BCUT2D eigenvalue weighted by Crippen LogP contribution is 2.31. The molecule has 0 bridgehead atoms. The second kappa shape index (κ2) is 10.1. The highest BCUT2D eigenvalue weighted by molar-refractivity contribution is 6.50. The molecule has 0 saturated carbocycles. The summed E-state index contributed by atoms with van der Waals surface area (Å²) in [4.78, 5) is 31.1. The summed E-state index contributed by atoms with van der Waals surface area (Å²) in [5.41, 5.74) is 6.48. The molecule has 1 aromatic heterocycles. The van der Waals surface area contributed by atoms with Crippen molar-refractivity contribution in [1.82, 2.24) is 9.97 Å². The fraction of sp³-hybridized carbons (Fsp3) is 0.111. The number of hydrazone groups is 1. The Labute approximate surface area is 206 Å². The Kier molecular flexibility index (Phi) is 6.82. The predicted molar refractivity (Wildman–Crippen MR) is 144 cm³/mol. The molecule has 36 heavy (non-hydrogen) atoms. The molecule has 0 radical (unpaired) electrons. The van der Waals surface area contributed by atoms with E-state index in [0.29, 0.717) is 29.1 Å². The minimum atomic E-state index is -0.498. The lowest BCUT2D eigenvalue weighted by Gasteiger charge is -2.21. The van der Waals surface area contributed by atoms with E-state index in [9.17, 15) is 14.7 Å². The van der Waals surface area contributed by atoms with Crippen molar-refractivity contribution < 1.29 is 5.11 Å². The van der Waals surface area contributed by atoms with Crippen LogP contribution >= 0.6 is 0 Å². The van der Waals surface area contributed by atoms with Gasteiger partial charge in [-0.15, -0.1) is 0 Å². The van der Waals surface area contributed by atoms with Gasteiger partial charge in [-0.05, 0) is 54.5 Å². The summed E-state index contributed by atoms with van der Waals surface area (Å²) in [6.07, 6.45) is 8.45. The number of phenols is 1. The summed E-state index contributed by atoms with van der Waals surface area (Å²) in [5.74, 6) is 0.0796. The van der Waals surface area contributed by atoms with Gasteiger partial charge in [-0.1, -0.05) is 36.9 Å². The van der Waals surface area contributed by atoms with Gasteiger partial charge in [0, 0.05) is 24.8 Å². The number of aryl methyl sites for hydroxylation is 1. The average Bonchev–Trinajstić information content (AvgIpc) is 2.83. The lowest BCUT2D eigenvalue weighted by Crippen LogP contribution is -2.47. The van der Waals surface area contributed by atoms with Crippen LogP contribution in [0.25, 0.3) is 12.7 Å². The molecule has 1 aliphatic carbocycles. The molecule has 0 fully saturated rings. The SMILES string of the molecule is C=c1[nH]c(=O)c(=Cc2ccc(N(C)Cc3cc(C)cc(N/N=C4/C=CC=CC4=N)c3O)cc2)c(=O)[nH]1. The third-order valence-corrected chi connectivity index (χ3v) is 5.60. The van der Waals surface area contributed by atoms with Crippen LogP contribution in [0.15, 0.2) is 75.4 Å². The molecule has 0 saturated heterocycles. The maximum absolute atomic E-state index is 12.1. The molecule has 0 atom stereocenters. The van der Waals surface area contributed by atoms with E-state index in [1.54, 1.807) is 30.4 Å². The monoisotopic (exact) mass is 482 g/mol. The van der Waals surface area contributed by atoms with Crippen LogP contribution in [0.1, 0.15) is 16.7 Å². The number of benzene rings is 2. The minimum Gasteiger partial charge on any atom is -0.505 e. The van der Waals surface area contributed by atoms with Gasteiger partial charge in [0.25, 0.3) is 11.1 Å². The number of aromatic amines is 2. The van der Waals surface area contributed by atoms with Crippen LogP contribution in [0, 0.1) is 12.3 Å². The van der Waals surface area contributed by atoms with Gasteiger partial charge in [-0.25, -0.2) is 0 Å². The fourth-order valence-corrected chi connectivity index (χ4v) is 3.76. The highest BCUT2D eigenvalue weighted by atomic mass is 16.3. The molecule has 1 heterocycles. The Morgan fingerprint density at radius 3 is 2.44 bits per heavy atom. The van der Waals surface area contributed by atoms with Crippen LogP contribution in [-0.2, 0) is 6.54 Å². The zero-order chi connectivity index (χ0) is 25.8. The Morgan fingerprint density at radius 2 is 1.78 bits per heavy atom. The van der Waals surface area contributed by atoms with E-state index < -0.39 is 11.1 Å². The van der Waals surface area contributed by atoms with Crippen LogP contribution in [-0.4, -0.2) is 33.5 Å². The molecule has 9 nitrogen and oxygen atoms in total. The zero-order valence-corrected chi connectivity index (χ0v) is 19.9. The molecule has 1 aliphatic rings. The Hall–Kier alpha value is -4.92. The molecule has 0 unspecified atom stereocenters. The van der Waals surface area contributed by atoms with Crippen molar-refractivity contribution in [3.8, 4) is 5.75 Å². The van der Waals surface area contributed by atoms with Crippen LogP contribution in [0.2, 0.25) is 0 Å². The van der Waals surface area contributed by atoms with Crippen LogP contribution < -0.4 is 32.1 Å². The molecule has 0 amide bonds. The Morgan fingerprint density at radius 1 is 1.11 bits per heavy atom. The quantitative estimate of drug-likeness (QED) is 0.208. The molecule has 3 aromatic rings. The van der Waals surface area contributed by atoms with Crippen LogP contribution in [0.3, 0.4) is 0 Å². The summed E-state index contributed by atoms with van der Waals surface area (Å²) in [5, 5.41) is 23.1. The normalized spacial score (nSPS) is 13.7. The van der Waals surface area contributed by atoms with Gasteiger partial charge < -0.3 is 20.0 Å². The van der Waals surface area contributed by atoms with Gasteiger partial charge in [0.05, 0.1) is 11.4 Å². The molecular formula is C27H26N6O3. The van der Waals surface area contributed by atoms with Gasteiger partial charge >= 0.3 is 0 Å². The molecule has 182 valence electrons. The molecule has 4 rings (SSSR count). The van der Waals surface area contributed by atoms with Crippen LogP contribution in [0.4, 0.5) is 11.4 Å². The summed E-state index contributed by atoms with van der Waals surface area (Å²) in [6, 6.07) is 11.1. The molecule has 0 aliphatic heterocycles. The van der Waals surface area contributed by atoms with E-state index in [-0.39, 0.29) is 22.2 Å². The number of allylic oxidation sites excluding steroid dienone is 4. The summed E-state index contributed by atoms with van der Waals surface area (Å²) >= 11 is 0. The highest BCUT2D eigenvalue weighted by Gasteiger charge is 2.12. The number of H-pyrrole nitrogens is 2. The van der Waals surface area contributed by atoms with Gasteiger partial charge in [0.15, 0.2) is 0 Å². The number of aromatic hydroxyl groups is 1. The van der Waals surface area contributed by atoms with Crippen molar-refractivity contribution in [1.29, 1.82) is 5.41 Å². The largest absolute Gasteiger partial charge is 0.505 e.